The fourth-order valence-corrected chi connectivity index (χ4v) is 0.388. The van der Waals surface area contributed by atoms with E-state index in [0.717, 1.165) is 6.54 Å². The first-order valence-corrected chi connectivity index (χ1v) is 3.17. The lowest BCUT2D eigenvalue weighted by atomic mass is 10.1. The topological polar surface area (TPSA) is 24.1 Å². The Labute approximate surface area is 57.3 Å². The molecule has 0 heterocycles. The first kappa shape index (κ1) is 8.66. The van der Waals surface area contributed by atoms with Crippen molar-refractivity contribution in [2.75, 3.05) is 6.54 Å². The van der Waals surface area contributed by atoms with E-state index in [0.29, 0.717) is 0 Å². The summed E-state index contributed by atoms with van der Waals surface area (Å²) in [5.74, 6) is 0. The van der Waals surface area contributed by atoms with Crippen molar-refractivity contribution in [3.63, 3.8) is 0 Å². The number of hydrogen-bond donors (Lipinski definition) is 2. The Morgan fingerprint density at radius 3 is 2.33 bits per heavy atom. The standard InChI is InChI=1S/C7H16N2/c1-5-6-8-9-7(2,3)4/h5,8-9H,1,6H2,2-4H3. The third-order valence-corrected chi connectivity index (χ3v) is 0.710. The maximum Gasteiger partial charge on any atom is 0.0278 e. The van der Waals surface area contributed by atoms with E-state index in [1.165, 1.54) is 0 Å². The zero-order chi connectivity index (χ0) is 7.33. The molecule has 0 radical (unpaired) electrons. The second-order valence-corrected chi connectivity index (χ2v) is 3.04. The Morgan fingerprint density at radius 2 is 2.00 bits per heavy atom. The van der Waals surface area contributed by atoms with E-state index in [1.54, 1.807) is 0 Å². The van der Waals surface area contributed by atoms with Gasteiger partial charge in [-0.15, -0.1) is 6.58 Å². The van der Waals surface area contributed by atoms with E-state index < -0.39 is 0 Å². The lowest BCUT2D eigenvalue weighted by Gasteiger charge is -2.20. The van der Waals surface area contributed by atoms with Crippen molar-refractivity contribution in [1.29, 1.82) is 0 Å². The smallest absolute Gasteiger partial charge is 0.0278 e. The van der Waals surface area contributed by atoms with Gasteiger partial charge in [0.1, 0.15) is 0 Å². The summed E-state index contributed by atoms with van der Waals surface area (Å²) >= 11 is 0. The molecule has 0 unspecified atom stereocenters. The SMILES string of the molecule is C=CCNNC(C)(C)C. The molecule has 2 N–H and O–H groups in total. The van der Waals surface area contributed by atoms with Gasteiger partial charge in [0.2, 0.25) is 0 Å². The van der Waals surface area contributed by atoms with Gasteiger partial charge in [0.25, 0.3) is 0 Å². The number of nitrogens with one attached hydrogen (secondary N) is 2. The molecule has 0 aliphatic carbocycles. The molecule has 0 aliphatic rings. The van der Waals surface area contributed by atoms with E-state index in [9.17, 15) is 0 Å². The zero-order valence-corrected chi connectivity index (χ0v) is 6.49. The van der Waals surface area contributed by atoms with Crippen molar-refractivity contribution >= 4 is 0 Å². The van der Waals surface area contributed by atoms with Crippen molar-refractivity contribution in [2.24, 2.45) is 0 Å². The minimum atomic E-state index is 0.142. The van der Waals surface area contributed by atoms with Crippen molar-refractivity contribution in [1.82, 2.24) is 10.9 Å². The third kappa shape index (κ3) is 7.66. The second kappa shape index (κ2) is 3.64. The van der Waals surface area contributed by atoms with Gasteiger partial charge in [0.05, 0.1) is 0 Å². The van der Waals surface area contributed by atoms with Gasteiger partial charge in [-0.1, -0.05) is 6.08 Å². The van der Waals surface area contributed by atoms with Crippen LogP contribution in [0.2, 0.25) is 0 Å². The van der Waals surface area contributed by atoms with Crippen LogP contribution in [0.25, 0.3) is 0 Å². The molecule has 2 heteroatoms. The summed E-state index contributed by atoms with van der Waals surface area (Å²) < 4.78 is 0. The Hall–Kier alpha value is -0.340. The Kier molecular flexibility index (Phi) is 3.50. The molecule has 0 fully saturated rings. The van der Waals surface area contributed by atoms with Gasteiger partial charge in [-0.25, -0.2) is 0 Å². The molecule has 0 aromatic heterocycles. The lowest BCUT2D eigenvalue weighted by molar-refractivity contribution is 0.370. The highest BCUT2D eigenvalue weighted by atomic mass is 15.4. The summed E-state index contributed by atoms with van der Waals surface area (Å²) in [6.45, 7) is 10.7. The summed E-state index contributed by atoms with van der Waals surface area (Å²) in [6.07, 6.45) is 1.82. The van der Waals surface area contributed by atoms with E-state index in [-0.39, 0.29) is 5.54 Å². The fraction of sp³-hybridized carbons (Fsp3) is 0.714. The molecule has 0 atom stereocenters. The monoisotopic (exact) mass is 128 g/mol. The summed E-state index contributed by atoms with van der Waals surface area (Å²) in [4.78, 5) is 0. The first-order chi connectivity index (χ1) is 4.06. The van der Waals surface area contributed by atoms with Gasteiger partial charge in [0, 0.05) is 12.1 Å². The van der Waals surface area contributed by atoms with Crippen LogP contribution in [0.4, 0.5) is 0 Å². The van der Waals surface area contributed by atoms with Crippen molar-refractivity contribution in [3.05, 3.63) is 12.7 Å². The largest absolute Gasteiger partial charge is 0.254 e. The highest BCUT2D eigenvalue weighted by Crippen LogP contribution is 1.94. The van der Waals surface area contributed by atoms with Crippen LogP contribution in [0.1, 0.15) is 20.8 Å². The minimum Gasteiger partial charge on any atom is -0.254 e. The molecular weight excluding hydrogens is 112 g/mol. The maximum absolute atomic E-state index is 3.58. The van der Waals surface area contributed by atoms with Crippen molar-refractivity contribution in [3.8, 4) is 0 Å². The maximum atomic E-state index is 3.58. The molecule has 0 aromatic rings. The number of hydrogen-bond acceptors (Lipinski definition) is 2. The Morgan fingerprint density at radius 1 is 1.44 bits per heavy atom. The molecule has 0 spiro atoms. The van der Waals surface area contributed by atoms with E-state index in [4.69, 9.17) is 0 Å². The average molecular weight is 128 g/mol. The third-order valence-electron chi connectivity index (χ3n) is 0.710. The number of rotatable bonds is 3. The molecule has 0 aromatic carbocycles. The summed E-state index contributed by atoms with van der Waals surface area (Å²) in [6, 6.07) is 0. The van der Waals surface area contributed by atoms with Crippen LogP contribution >= 0.6 is 0 Å². The van der Waals surface area contributed by atoms with Crippen molar-refractivity contribution in [2.45, 2.75) is 26.3 Å². The van der Waals surface area contributed by atoms with Crippen LogP contribution in [0.15, 0.2) is 12.7 Å². The van der Waals surface area contributed by atoms with Gasteiger partial charge in [0.15, 0.2) is 0 Å². The van der Waals surface area contributed by atoms with Gasteiger partial charge >= 0.3 is 0 Å². The molecule has 2 nitrogen and oxygen atoms in total. The first-order valence-electron chi connectivity index (χ1n) is 3.17. The fourth-order valence-electron chi connectivity index (χ4n) is 0.388. The quantitative estimate of drug-likeness (QED) is 0.337. The van der Waals surface area contributed by atoms with Gasteiger partial charge in [-0.3, -0.25) is 10.9 Å². The van der Waals surface area contributed by atoms with E-state index in [1.807, 2.05) is 6.08 Å². The van der Waals surface area contributed by atoms with Crippen molar-refractivity contribution < 1.29 is 0 Å². The average Bonchev–Trinajstić information content (AvgIpc) is 1.63. The Balaban J connectivity index is 3.17. The summed E-state index contributed by atoms with van der Waals surface area (Å²) in [5, 5.41) is 0. The molecule has 0 saturated heterocycles. The Bertz CT molecular complexity index is 81.4. The van der Waals surface area contributed by atoms with Crippen LogP contribution in [0.5, 0.6) is 0 Å². The normalized spacial score (nSPS) is 11.4. The summed E-state index contributed by atoms with van der Waals surface area (Å²) in [7, 11) is 0. The van der Waals surface area contributed by atoms with Crippen LogP contribution in [0, 0.1) is 0 Å². The molecule has 0 bridgehead atoms. The predicted octanol–water partition coefficient (Wildman–Crippen LogP) is 1.07. The molecule has 9 heavy (non-hydrogen) atoms. The van der Waals surface area contributed by atoms with Crippen LogP contribution in [0.3, 0.4) is 0 Å². The van der Waals surface area contributed by atoms with E-state index >= 15 is 0 Å². The van der Waals surface area contributed by atoms with Gasteiger partial charge in [-0.2, -0.15) is 0 Å². The lowest BCUT2D eigenvalue weighted by Crippen LogP contribution is -2.45. The summed E-state index contributed by atoms with van der Waals surface area (Å²) in [5.41, 5.74) is 6.25. The molecular formula is C7H16N2. The van der Waals surface area contributed by atoms with Gasteiger partial charge < -0.3 is 0 Å². The predicted molar refractivity (Wildman–Crippen MR) is 41.1 cm³/mol. The number of hydrazine groups is 1. The highest BCUT2D eigenvalue weighted by molar-refractivity contribution is 4.72. The van der Waals surface area contributed by atoms with Gasteiger partial charge in [-0.05, 0) is 20.8 Å². The second-order valence-electron chi connectivity index (χ2n) is 3.04. The molecule has 0 amide bonds. The van der Waals surface area contributed by atoms with E-state index in [2.05, 4.69) is 38.2 Å². The molecule has 0 saturated carbocycles. The van der Waals surface area contributed by atoms with Crippen LogP contribution in [-0.2, 0) is 0 Å². The minimum absolute atomic E-state index is 0.142. The zero-order valence-electron chi connectivity index (χ0n) is 6.49. The highest BCUT2D eigenvalue weighted by Gasteiger charge is 2.05. The van der Waals surface area contributed by atoms with Crippen LogP contribution < -0.4 is 10.9 Å². The van der Waals surface area contributed by atoms with Crippen LogP contribution in [-0.4, -0.2) is 12.1 Å². The molecule has 54 valence electrons. The molecule has 0 rings (SSSR count). The molecule has 0 aliphatic heterocycles.